The number of carbonyl (C=O) groups is 1. The number of rotatable bonds is 10. The lowest BCUT2D eigenvalue weighted by molar-refractivity contribution is -0.152. The highest BCUT2D eigenvalue weighted by atomic mass is 32.1. The molecule has 1 heterocycles. The van der Waals surface area contributed by atoms with Crippen LogP contribution < -0.4 is 11.1 Å². The molecular formula is C33H56N2O2S. The molecule has 3 saturated carbocycles. The van der Waals surface area contributed by atoms with Crippen molar-refractivity contribution in [3.63, 3.8) is 0 Å². The van der Waals surface area contributed by atoms with Crippen LogP contribution >= 0.6 is 12.2 Å². The number of ether oxygens (including phenoxy) is 1. The number of esters is 1. The molecule has 0 radical (unpaired) electrons. The summed E-state index contributed by atoms with van der Waals surface area (Å²) < 4.78 is 6.18. The molecule has 4 nitrogen and oxygen atoms in total. The normalized spacial score (nSPS) is 38.6. The minimum absolute atomic E-state index is 0.0327. The van der Waals surface area contributed by atoms with Crippen molar-refractivity contribution in [2.75, 3.05) is 13.2 Å². The zero-order valence-electron chi connectivity index (χ0n) is 25.0. The van der Waals surface area contributed by atoms with E-state index in [1.807, 2.05) is 0 Å². The van der Waals surface area contributed by atoms with Crippen molar-refractivity contribution in [2.24, 2.45) is 58.0 Å². The first kappa shape index (κ1) is 29.9. The van der Waals surface area contributed by atoms with Crippen LogP contribution in [-0.2, 0) is 9.53 Å². The van der Waals surface area contributed by atoms with Crippen LogP contribution in [0.3, 0.4) is 0 Å². The van der Waals surface area contributed by atoms with Gasteiger partial charge >= 0.3 is 5.97 Å². The lowest BCUT2D eigenvalue weighted by Crippen LogP contribution is -2.50. The van der Waals surface area contributed by atoms with Crippen LogP contribution in [0.2, 0.25) is 0 Å². The number of allylic oxidation sites excluding steroid dienone is 2. The van der Waals surface area contributed by atoms with Gasteiger partial charge in [-0.3, -0.25) is 4.79 Å². The van der Waals surface area contributed by atoms with Crippen LogP contribution in [0.1, 0.15) is 118 Å². The maximum absolute atomic E-state index is 13.5. The fourth-order valence-electron chi connectivity index (χ4n) is 9.61. The van der Waals surface area contributed by atoms with Gasteiger partial charge < -0.3 is 15.8 Å². The molecule has 216 valence electrons. The SMILES string of the molecule is CC(C)CCCC(C)C1CCC2C3COC(=O)C4C/C(=C\CCCCNC(N)=S)CCC4(C)C3CCC12C. The molecular weight excluding hydrogens is 488 g/mol. The van der Waals surface area contributed by atoms with Gasteiger partial charge in [0.15, 0.2) is 5.11 Å². The number of carbonyl (C=O) groups excluding carboxylic acids is 1. The van der Waals surface area contributed by atoms with E-state index in [9.17, 15) is 4.79 Å². The van der Waals surface area contributed by atoms with Gasteiger partial charge in [-0.25, -0.2) is 0 Å². The van der Waals surface area contributed by atoms with Gasteiger partial charge in [-0.1, -0.05) is 65.5 Å². The minimum Gasteiger partial charge on any atom is -0.465 e. The third-order valence-electron chi connectivity index (χ3n) is 11.8. The number of hydrogen-bond donors (Lipinski definition) is 2. The molecule has 4 fully saturated rings. The van der Waals surface area contributed by atoms with Crippen molar-refractivity contribution < 1.29 is 9.53 Å². The zero-order chi connectivity index (χ0) is 27.5. The summed E-state index contributed by atoms with van der Waals surface area (Å²) in [6.45, 7) is 13.8. The Balaban J connectivity index is 1.40. The fraction of sp³-hybridized carbons (Fsp3) is 0.879. The summed E-state index contributed by atoms with van der Waals surface area (Å²) in [6.07, 6.45) is 18.3. The Labute approximate surface area is 238 Å². The second-order valence-corrected chi connectivity index (χ2v) is 14.9. The number of fused-ring (bicyclic) bond motifs is 5. The van der Waals surface area contributed by atoms with E-state index in [2.05, 4.69) is 46.0 Å². The standard InChI is InChI=1S/C33H56N2O2S/c1-22(2)10-9-11-23(3)26-13-14-27-25-21-37-30(36)29-20-24(12-7-6-8-19-35-31(34)38)15-17-33(29,5)28(25)16-18-32(26,27)4/h12,22-23,25-29H,6-11,13-21H2,1-5H3,(H3,34,35,38)/b24-12-. The maximum atomic E-state index is 13.5. The third-order valence-corrected chi connectivity index (χ3v) is 11.9. The molecule has 8 unspecified atom stereocenters. The van der Waals surface area contributed by atoms with Crippen LogP contribution in [0.4, 0.5) is 0 Å². The predicted molar refractivity (Wildman–Crippen MR) is 162 cm³/mol. The van der Waals surface area contributed by atoms with Gasteiger partial charge in [0, 0.05) is 6.54 Å². The third kappa shape index (κ3) is 6.28. The van der Waals surface area contributed by atoms with Crippen LogP contribution in [-0.4, -0.2) is 24.2 Å². The Morgan fingerprint density at radius 2 is 1.84 bits per heavy atom. The van der Waals surface area contributed by atoms with Crippen molar-refractivity contribution in [3.05, 3.63) is 11.6 Å². The summed E-state index contributed by atoms with van der Waals surface area (Å²) in [7, 11) is 0. The van der Waals surface area contributed by atoms with Crippen LogP contribution in [0.15, 0.2) is 11.6 Å². The lowest BCUT2D eigenvalue weighted by atomic mass is 9.48. The summed E-state index contributed by atoms with van der Waals surface area (Å²) in [5, 5.41) is 3.41. The number of thiocarbonyl (C=S) groups is 1. The number of unbranched alkanes of at least 4 members (excludes halogenated alkanes) is 2. The van der Waals surface area contributed by atoms with E-state index in [0.717, 1.165) is 62.8 Å². The van der Waals surface area contributed by atoms with Crippen LogP contribution in [0, 0.1) is 52.3 Å². The summed E-state index contributed by atoms with van der Waals surface area (Å²) >= 11 is 4.89. The summed E-state index contributed by atoms with van der Waals surface area (Å²) in [6, 6.07) is 0. The van der Waals surface area contributed by atoms with Gasteiger partial charge in [0.05, 0.1) is 12.5 Å². The van der Waals surface area contributed by atoms with E-state index in [-0.39, 0.29) is 17.3 Å². The first-order valence-electron chi connectivity index (χ1n) is 15.9. The Morgan fingerprint density at radius 3 is 2.58 bits per heavy atom. The average molecular weight is 545 g/mol. The van der Waals surface area contributed by atoms with Gasteiger partial charge in [-0.05, 0) is 123 Å². The van der Waals surface area contributed by atoms with Crippen molar-refractivity contribution >= 4 is 23.3 Å². The number of nitrogens with two attached hydrogens (primary N) is 1. The molecule has 0 amide bonds. The van der Waals surface area contributed by atoms with E-state index >= 15 is 0 Å². The van der Waals surface area contributed by atoms with Crippen molar-refractivity contribution in [1.82, 2.24) is 5.32 Å². The van der Waals surface area contributed by atoms with Gasteiger partial charge in [-0.2, -0.15) is 0 Å². The molecule has 38 heavy (non-hydrogen) atoms. The molecule has 1 saturated heterocycles. The molecule has 3 aliphatic carbocycles. The monoisotopic (exact) mass is 544 g/mol. The molecule has 8 atom stereocenters. The smallest absolute Gasteiger partial charge is 0.309 e. The first-order chi connectivity index (χ1) is 18.1. The highest BCUT2D eigenvalue weighted by Crippen LogP contribution is 2.66. The molecule has 3 N–H and O–H groups in total. The van der Waals surface area contributed by atoms with Crippen LogP contribution in [0.5, 0.6) is 0 Å². The number of nitrogens with one attached hydrogen (secondary N) is 1. The second kappa shape index (κ2) is 12.6. The number of hydrogen-bond acceptors (Lipinski definition) is 3. The second-order valence-electron chi connectivity index (χ2n) is 14.4. The average Bonchev–Trinajstić information content (AvgIpc) is 3.17. The molecule has 0 bridgehead atoms. The van der Waals surface area contributed by atoms with Gasteiger partial charge in [0.1, 0.15) is 0 Å². The Hall–Kier alpha value is -1.10. The Kier molecular flexibility index (Phi) is 9.91. The Bertz CT molecular complexity index is 871. The minimum atomic E-state index is 0.0327. The molecule has 1 aliphatic heterocycles. The zero-order valence-corrected chi connectivity index (χ0v) is 25.8. The number of cyclic esters (lactones) is 1. The molecule has 0 aromatic rings. The molecule has 5 heteroatoms. The van der Waals surface area contributed by atoms with E-state index < -0.39 is 0 Å². The molecule has 0 aromatic carbocycles. The molecule has 0 aromatic heterocycles. The summed E-state index contributed by atoms with van der Waals surface area (Å²) in [5.74, 6) is 4.46. The predicted octanol–water partition coefficient (Wildman–Crippen LogP) is 7.80. The van der Waals surface area contributed by atoms with Gasteiger partial charge in [0.2, 0.25) is 0 Å². The largest absolute Gasteiger partial charge is 0.465 e. The highest BCUT2D eigenvalue weighted by molar-refractivity contribution is 7.80. The molecule has 4 rings (SSSR count). The van der Waals surface area contributed by atoms with Crippen molar-refractivity contribution in [2.45, 2.75) is 118 Å². The highest BCUT2D eigenvalue weighted by Gasteiger charge is 2.61. The fourth-order valence-corrected chi connectivity index (χ4v) is 9.71. The van der Waals surface area contributed by atoms with Crippen LogP contribution in [0.25, 0.3) is 0 Å². The van der Waals surface area contributed by atoms with Crippen molar-refractivity contribution in [3.8, 4) is 0 Å². The maximum Gasteiger partial charge on any atom is 0.309 e. The van der Waals surface area contributed by atoms with E-state index in [4.69, 9.17) is 22.7 Å². The summed E-state index contributed by atoms with van der Waals surface area (Å²) in [5.41, 5.74) is 7.49. The Morgan fingerprint density at radius 1 is 1.08 bits per heavy atom. The first-order valence-corrected chi connectivity index (χ1v) is 16.3. The van der Waals surface area contributed by atoms with E-state index in [0.29, 0.717) is 34.9 Å². The van der Waals surface area contributed by atoms with Crippen molar-refractivity contribution in [1.29, 1.82) is 0 Å². The van der Waals surface area contributed by atoms with Gasteiger partial charge in [-0.15, -0.1) is 0 Å². The van der Waals surface area contributed by atoms with E-state index in [1.54, 1.807) is 0 Å². The molecule has 4 aliphatic rings. The summed E-state index contributed by atoms with van der Waals surface area (Å²) in [4.78, 5) is 13.5. The quantitative estimate of drug-likeness (QED) is 0.127. The van der Waals surface area contributed by atoms with Gasteiger partial charge in [0.25, 0.3) is 0 Å². The van der Waals surface area contributed by atoms with E-state index in [1.165, 1.54) is 50.5 Å². The topological polar surface area (TPSA) is 64.3 Å². The lowest BCUT2D eigenvalue weighted by Gasteiger charge is -2.55. The molecule has 0 spiro atoms.